The maximum absolute atomic E-state index is 13.2. The second-order valence-electron chi connectivity index (χ2n) is 5.76. The van der Waals surface area contributed by atoms with Crippen LogP contribution < -0.4 is 0 Å². The molecule has 0 aliphatic carbocycles. The third kappa shape index (κ3) is 4.39. The first-order chi connectivity index (χ1) is 11.7. The van der Waals surface area contributed by atoms with Crippen molar-refractivity contribution in [3.05, 3.63) is 113 Å². The van der Waals surface area contributed by atoms with Crippen molar-refractivity contribution in [2.75, 3.05) is 0 Å². The molecule has 0 nitrogen and oxygen atoms in total. The Morgan fingerprint density at radius 2 is 1.29 bits per heavy atom. The topological polar surface area (TPSA) is 0 Å². The normalized spacial score (nSPS) is 12.4. The molecule has 3 aromatic rings. The molecule has 0 radical (unpaired) electrons. The van der Waals surface area contributed by atoms with E-state index < -0.39 is 0 Å². The lowest BCUT2D eigenvalue weighted by molar-refractivity contribution is 0.625. The summed E-state index contributed by atoms with van der Waals surface area (Å²) in [5.74, 6) is -0.389. The number of hydrogen-bond acceptors (Lipinski definition) is 0. The van der Waals surface area contributed by atoms with Crippen LogP contribution in [0.1, 0.15) is 22.6 Å². The lowest BCUT2D eigenvalue weighted by Gasteiger charge is -2.14. The van der Waals surface area contributed by atoms with E-state index in [2.05, 4.69) is 12.2 Å². The maximum Gasteiger partial charge on any atom is 0.123 e. The Hall–Kier alpha value is -2.74. The first-order valence-electron chi connectivity index (χ1n) is 7.94. The van der Waals surface area contributed by atoms with Gasteiger partial charge in [0.1, 0.15) is 11.6 Å². The monoisotopic (exact) mass is 320 g/mol. The maximum atomic E-state index is 13.2. The fourth-order valence-electron chi connectivity index (χ4n) is 2.67. The van der Waals surface area contributed by atoms with Crippen molar-refractivity contribution in [2.45, 2.75) is 12.3 Å². The minimum absolute atomic E-state index is 0.0938. The summed E-state index contributed by atoms with van der Waals surface area (Å²) in [6, 6.07) is 23.1. The Kier molecular flexibility index (Phi) is 5.17. The third-order valence-electron chi connectivity index (χ3n) is 3.99. The van der Waals surface area contributed by atoms with Crippen LogP contribution in [0.25, 0.3) is 6.08 Å². The van der Waals surface area contributed by atoms with Crippen LogP contribution in [-0.2, 0) is 6.42 Å². The summed E-state index contributed by atoms with van der Waals surface area (Å²) in [6.45, 7) is 0. The summed E-state index contributed by atoms with van der Waals surface area (Å²) in [6.07, 6.45) is 4.92. The smallest absolute Gasteiger partial charge is 0.123 e. The molecule has 3 rings (SSSR count). The van der Waals surface area contributed by atoms with Gasteiger partial charge in [-0.25, -0.2) is 8.78 Å². The zero-order valence-electron chi connectivity index (χ0n) is 13.2. The van der Waals surface area contributed by atoms with Crippen LogP contribution in [0.2, 0.25) is 0 Å². The summed E-state index contributed by atoms with van der Waals surface area (Å²) >= 11 is 0. The molecule has 0 amide bonds. The van der Waals surface area contributed by atoms with Gasteiger partial charge in [-0.05, 0) is 47.4 Å². The zero-order valence-corrected chi connectivity index (χ0v) is 13.2. The molecule has 1 atom stereocenters. The number of rotatable bonds is 5. The molecule has 1 unspecified atom stereocenters. The lowest BCUT2D eigenvalue weighted by Crippen LogP contribution is -2.00. The van der Waals surface area contributed by atoms with Crippen LogP contribution in [0, 0.1) is 11.6 Å². The molecule has 2 heteroatoms. The van der Waals surface area contributed by atoms with Crippen LogP contribution in [0.3, 0.4) is 0 Å². The molecule has 0 aromatic heterocycles. The minimum atomic E-state index is -0.244. The summed E-state index contributed by atoms with van der Waals surface area (Å²) in [7, 11) is 0. The average molecular weight is 320 g/mol. The quantitative estimate of drug-likeness (QED) is 0.540. The molecule has 0 saturated carbocycles. The molecule has 0 aliphatic heterocycles. The molecule has 0 fully saturated rings. The van der Waals surface area contributed by atoms with Gasteiger partial charge < -0.3 is 0 Å². The van der Waals surface area contributed by atoms with Gasteiger partial charge in [-0.3, -0.25) is 0 Å². The van der Waals surface area contributed by atoms with Crippen LogP contribution in [0.15, 0.2) is 84.9 Å². The summed E-state index contributed by atoms with van der Waals surface area (Å²) < 4.78 is 26.3. The molecule has 0 spiro atoms. The molecular formula is C22H18F2. The lowest BCUT2D eigenvalue weighted by atomic mass is 9.91. The largest absolute Gasteiger partial charge is 0.207 e. The number of hydrogen-bond donors (Lipinski definition) is 0. The van der Waals surface area contributed by atoms with Crippen molar-refractivity contribution in [3.8, 4) is 0 Å². The van der Waals surface area contributed by atoms with Crippen LogP contribution in [0.5, 0.6) is 0 Å². The Labute approximate surface area is 141 Å². The van der Waals surface area contributed by atoms with Gasteiger partial charge in [0.15, 0.2) is 0 Å². The van der Waals surface area contributed by atoms with E-state index in [0.717, 1.165) is 23.1 Å². The van der Waals surface area contributed by atoms with Gasteiger partial charge in [-0.15, -0.1) is 0 Å². The van der Waals surface area contributed by atoms with Gasteiger partial charge in [0.05, 0.1) is 0 Å². The molecular weight excluding hydrogens is 302 g/mol. The van der Waals surface area contributed by atoms with E-state index in [1.807, 2.05) is 30.3 Å². The first kappa shape index (κ1) is 16.1. The van der Waals surface area contributed by atoms with Crippen LogP contribution in [-0.4, -0.2) is 0 Å². The zero-order chi connectivity index (χ0) is 16.8. The van der Waals surface area contributed by atoms with E-state index in [0.29, 0.717) is 0 Å². The second kappa shape index (κ2) is 7.69. The molecule has 0 aliphatic rings. The molecule has 0 N–H and O–H groups in total. The van der Waals surface area contributed by atoms with Crippen molar-refractivity contribution in [1.82, 2.24) is 0 Å². The predicted octanol–water partition coefficient (Wildman–Crippen LogP) is 6.00. The van der Waals surface area contributed by atoms with Crippen molar-refractivity contribution in [1.29, 1.82) is 0 Å². The van der Waals surface area contributed by atoms with Gasteiger partial charge in [0.2, 0.25) is 0 Å². The van der Waals surface area contributed by atoms with E-state index in [9.17, 15) is 8.78 Å². The van der Waals surface area contributed by atoms with Gasteiger partial charge in [0, 0.05) is 5.92 Å². The van der Waals surface area contributed by atoms with E-state index in [-0.39, 0.29) is 17.6 Å². The van der Waals surface area contributed by atoms with Gasteiger partial charge >= 0.3 is 0 Å². The molecule has 24 heavy (non-hydrogen) atoms. The van der Waals surface area contributed by atoms with Crippen LogP contribution >= 0.6 is 0 Å². The summed E-state index contributed by atoms with van der Waals surface area (Å²) in [5.41, 5.74) is 3.19. The second-order valence-corrected chi connectivity index (χ2v) is 5.76. The summed E-state index contributed by atoms with van der Waals surface area (Å²) in [5, 5.41) is 0. The molecule has 0 bridgehead atoms. The van der Waals surface area contributed by atoms with E-state index in [1.54, 1.807) is 24.3 Å². The van der Waals surface area contributed by atoms with E-state index >= 15 is 0 Å². The van der Waals surface area contributed by atoms with Crippen molar-refractivity contribution in [3.63, 3.8) is 0 Å². The number of allylic oxidation sites excluding steroid dienone is 1. The standard InChI is InChI=1S/C22H18F2/c23-21-12-7-18(8-13-21)16-20(19-10-14-22(24)15-11-19)9-6-17-4-2-1-3-5-17/h1-15,20H,16H2/b9-6+. The van der Waals surface area contributed by atoms with Crippen molar-refractivity contribution < 1.29 is 8.78 Å². The Balaban J connectivity index is 1.86. The van der Waals surface area contributed by atoms with Gasteiger partial charge in [-0.2, -0.15) is 0 Å². The highest BCUT2D eigenvalue weighted by Gasteiger charge is 2.10. The van der Waals surface area contributed by atoms with Crippen LogP contribution in [0.4, 0.5) is 8.78 Å². The van der Waals surface area contributed by atoms with Crippen molar-refractivity contribution in [2.24, 2.45) is 0 Å². The SMILES string of the molecule is Fc1ccc(CC(/C=C/c2ccccc2)c2ccc(F)cc2)cc1. The highest BCUT2D eigenvalue weighted by Crippen LogP contribution is 2.24. The van der Waals surface area contributed by atoms with E-state index in [4.69, 9.17) is 0 Å². The molecule has 0 heterocycles. The third-order valence-corrected chi connectivity index (χ3v) is 3.99. The Bertz CT molecular complexity index is 788. The fourth-order valence-corrected chi connectivity index (χ4v) is 2.67. The van der Waals surface area contributed by atoms with Gasteiger partial charge in [0.25, 0.3) is 0 Å². The van der Waals surface area contributed by atoms with E-state index in [1.165, 1.54) is 24.3 Å². The number of halogens is 2. The number of benzene rings is 3. The molecule has 120 valence electrons. The fraction of sp³-hybridized carbons (Fsp3) is 0.0909. The Morgan fingerprint density at radius 1 is 0.708 bits per heavy atom. The van der Waals surface area contributed by atoms with Crippen molar-refractivity contribution >= 4 is 6.08 Å². The predicted molar refractivity (Wildman–Crippen MR) is 94.7 cm³/mol. The highest BCUT2D eigenvalue weighted by atomic mass is 19.1. The molecule has 0 saturated heterocycles. The molecule has 3 aromatic carbocycles. The van der Waals surface area contributed by atoms with Gasteiger partial charge in [-0.1, -0.05) is 66.7 Å². The first-order valence-corrected chi connectivity index (χ1v) is 7.94. The Morgan fingerprint density at radius 3 is 1.92 bits per heavy atom. The minimum Gasteiger partial charge on any atom is -0.207 e. The average Bonchev–Trinajstić information content (AvgIpc) is 2.62. The highest BCUT2D eigenvalue weighted by molar-refractivity contribution is 5.51. The summed E-state index contributed by atoms with van der Waals surface area (Å²) in [4.78, 5) is 0.